The second kappa shape index (κ2) is 2.72. The zero-order valence-electron chi connectivity index (χ0n) is 7.72. The zero-order valence-corrected chi connectivity index (χ0v) is 7.72. The molecule has 1 nitrogen and oxygen atoms in total. The van der Waals surface area contributed by atoms with Crippen molar-refractivity contribution in [3.8, 4) is 0 Å². The Morgan fingerprint density at radius 3 is 2.55 bits per heavy atom. The van der Waals surface area contributed by atoms with Crippen molar-refractivity contribution in [2.24, 2.45) is 11.3 Å². The maximum absolute atomic E-state index is 5.29. The van der Waals surface area contributed by atoms with E-state index in [0.717, 1.165) is 5.76 Å². The Morgan fingerprint density at radius 2 is 2.09 bits per heavy atom. The molecule has 1 unspecified atom stereocenters. The summed E-state index contributed by atoms with van der Waals surface area (Å²) in [7, 11) is 1.74. The Morgan fingerprint density at radius 1 is 1.45 bits per heavy atom. The van der Waals surface area contributed by atoms with Crippen LogP contribution in [0, 0.1) is 11.3 Å². The lowest BCUT2D eigenvalue weighted by Gasteiger charge is -2.33. The van der Waals surface area contributed by atoms with Crippen LogP contribution in [0.5, 0.6) is 0 Å². The molecule has 0 fully saturated rings. The molecule has 0 N–H and O–H groups in total. The third-order valence-corrected chi connectivity index (χ3v) is 2.64. The van der Waals surface area contributed by atoms with Crippen LogP contribution in [0.25, 0.3) is 0 Å². The molecule has 0 saturated heterocycles. The van der Waals surface area contributed by atoms with E-state index in [2.05, 4.69) is 32.9 Å². The summed E-state index contributed by atoms with van der Waals surface area (Å²) in [6, 6.07) is 0. The molecule has 0 amide bonds. The Hall–Kier alpha value is -0.720. The van der Waals surface area contributed by atoms with Crippen molar-refractivity contribution in [1.82, 2.24) is 0 Å². The molecule has 0 aromatic rings. The van der Waals surface area contributed by atoms with Gasteiger partial charge in [-0.2, -0.15) is 0 Å². The topological polar surface area (TPSA) is 9.23 Å². The van der Waals surface area contributed by atoms with Crippen LogP contribution >= 0.6 is 0 Å². The van der Waals surface area contributed by atoms with Crippen molar-refractivity contribution in [3.05, 3.63) is 24.0 Å². The van der Waals surface area contributed by atoms with Gasteiger partial charge in [0.25, 0.3) is 0 Å². The van der Waals surface area contributed by atoms with Crippen LogP contribution in [0.3, 0.4) is 0 Å². The molecule has 0 aliphatic heterocycles. The highest BCUT2D eigenvalue weighted by Gasteiger charge is 2.30. The van der Waals surface area contributed by atoms with Crippen LogP contribution in [0.4, 0.5) is 0 Å². The molecule has 0 aromatic heterocycles. The number of methoxy groups -OCH3 is 1. The molecular formula is C10H16O. The minimum atomic E-state index is 0.156. The summed E-state index contributed by atoms with van der Waals surface area (Å²) >= 11 is 0. The Labute approximate surface area is 68.8 Å². The molecule has 62 valence electrons. The van der Waals surface area contributed by atoms with Crippen molar-refractivity contribution < 1.29 is 4.74 Å². The molecule has 0 bridgehead atoms. The highest BCUT2D eigenvalue weighted by Crippen LogP contribution is 2.38. The van der Waals surface area contributed by atoms with Gasteiger partial charge in [-0.3, -0.25) is 0 Å². The summed E-state index contributed by atoms with van der Waals surface area (Å²) in [6.07, 6.45) is 6.32. The van der Waals surface area contributed by atoms with Crippen LogP contribution in [0.15, 0.2) is 24.0 Å². The molecule has 11 heavy (non-hydrogen) atoms. The first-order valence-corrected chi connectivity index (χ1v) is 4.02. The lowest BCUT2D eigenvalue weighted by Crippen LogP contribution is -2.25. The summed E-state index contributed by atoms with van der Waals surface area (Å²) in [5.41, 5.74) is 0.156. The zero-order chi connectivity index (χ0) is 8.48. The van der Waals surface area contributed by atoms with Gasteiger partial charge in [-0.25, -0.2) is 0 Å². The van der Waals surface area contributed by atoms with E-state index in [1.165, 1.54) is 0 Å². The molecular weight excluding hydrogens is 136 g/mol. The van der Waals surface area contributed by atoms with Crippen LogP contribution < -0.4 is 0 Å². The molecule has 1 heteroatoms. The Balaban J connectivity index is 2.92. The summed E-state index contributed by atoms with van der Waals surface area (Å²) in [5.74, 6) is 1.63. The molecule has 0 heterocycles. The second-order valence-corrected chi connectivity index (χ2v) is 3.63. The predicted octanol–water partition coefficient (Wildman–Crippen LogP) is 2.75. The van der Waals surface area contributed by atoms with E-state index in [-0.39, 0.29) is 5.41 Å². The number of ether oxygens (including phenoxy) is 1. The van der Waals surface area contributed by atoms with Gasteiger partial charge in [-0.05, 0) is 12.0 Å². The van der Waals surface area contributed by atoms with Crippen LogP contribution in [-0.4, -0.2) is 7.11 Å². The van der Waals surface area contributed by atoms with E-state index in [4.69, 9.17) is 4.74 Å². The number of hydrogen-bond donors (Lipinski definition) is 0. The van der Waals surface area contributed by atoms with Gasteiger partial charge in [0.2, 0.25) is 0 Å². The first-order chi connectivity index (χ1) is 5.09. The summed E-state index contributed by atoms with van der Waals surface area (Å²) in [4.78, 5) is 0. The maximum atomic E-state index is 5.29. The highest BCUT2D eigenvalue weighted by molar-refractivity contribution is 5.22. The average molecular weight is 152 g/mol. The van der Waals surface area contributed by atoms with Crippen LogP contribution in [0.2, 0.25) is 0 Å². The van der Waals surface area contributed by atoms with Gasteiger partial charge in [-0.15, -0.1) is 0 Å². The minimum Gasteiger partial charge on any atom is -0.501 e. The minimum absolute atomic E-state index is 0.156. The van der Waals surface area contributed by atoms with Crippen LogP contribution in [-0.2, 0) is 4.74 Å². The molecule has 0 aromatic carbocycles. The highest BCUT2D eigenvalue weighted by atomic mass is 16.5. The van der Waals surface area contributed by atoms with E-state index in [1.807, 2.05) is 6.08 Å². The van der Waals surface area contributed by atoms with E-state index in [0.29, 0.717) is 5.92 Å². The lowest BCUT2D eigenvalue weighted by atomic mass is 9.75. The van der Waals surface area contributed by atoms with Crippen molar-refractivity contribution in [1.29, 1.82) is 0 Å². The fourth-order valence-electron chi connectivity index (χ4n) is 1.32. The van der Waals surface area contributed by atoms with Gasteiger partial charge in [0.05, 0.1) is 7.11 Å². The Bertz CT molecular complexity index is 199. The third kappa shape index (κ3) is 1.32. The fourth-order valence-corrected chi connectivity index (χ4v) is 1.32. The van der Waals surface area contributed by atoms with E-state index < -0.39 is 0 Å². The van der Waals surface area contributed by atoms with Gasteiger partial charge >= 0.3 is 0 Å². The first kappa shape index (κ1) is 8.38. The van der Waals surface area contributed by atoms with E-state index in [9.17, 15) is 0 Å². The monoisotopic (exact) mass is 152 g/mol. The number of rotatable bonds is 1. The molecule has 1 aliphatic rings. The lowest BCUT2D eigenvalue weighted by molar-refractivity contribution is 0.161. The van der Waals surface area contributed by atoms with Gasteiger partial charge in [-0.1, -0.05) is 32.9 Å². The second-order valence-electron chi connectivity index (χ2n) is 3.63. The normalized spacial score (nSPS) is 28.0. The first-order valence-electron chi connectivity index (χ1n) is 4.02. The van der Waals surface area contributed by atoms with Gasteiger partial charge in [0.1, 0.15) is 5.76 Å². The Kier molecular flexibility index (Phi) is 2.08. The molecule has 0 spiro atoms. The van der Waals surface area contributed by atoms with Gasteiger partial charge in [0, 0.05) is 5.41 Å². The van der Waals surface area contributed by atoms with E-state index in [1.54, 1.807) is 7.11 Å². The maximum Gasteiger partial charge on any atom is 0.102 e. The summed E-state index contributed by atoms with van der Waals surface area (Å²) < 4.78 is 5.29. The average Bonchev–Trinajstić information content (AvgIpc) is 1.95. The predicted molar refractivity (Wildman–Crippen MR) is 47.2 cm³/mol. The quantitative estimate of drug-likeness (QED) is 0.561. The summed E-state index contributed by atoms with van der Waals surface area (Å²) in [6.45, 7) is 6.62. The third-order valence-electron chi connectivity index (χ3n) is 2.64. The van der Waals surface area contributed by atoms with Gasteiger partial charge < -0.3 is 4.74 Å². The smallest absolute Gasteiger partial charge is 0.102 e. The number of hydrogen-bond acceptors (Lipinski definition) is 1. The largest absolute Gasteiger partial charge is 0.501 e. The van der Waals surface area contributed by atoms with Crippen molar-refractivity contribution in [2.75, 3.05) is 7.11 Å². The standard InChI is InChI=1S/C10H16O/c1-8-6-5-7-9(11-4)10(8,2)3/h5-8H,1-4H3. The van der Waals surface area contributed by atoms with Crippen molar-refractivity contribution >= 4 is 0 Å². The fraction of sp³-hybridized carbons (Fsp3) is 0.600. The number of allylic oxidation sites excluding steroid dienone is 4. The molecule has 1 atom stereocenters. The van der Waals surface area contributed by atoms with E-state index >= 15 is 0 Å². The molecule has 0 saturated carbocycles. The van der Waals surface area contributed by atoms with Crippen molar-refractivity contribution in [2.45, 2.75) is 20.8 Å². The SMILES string of the molecule is COC1=CC=CC(C)C1(C)C. The molecule has 0 radical (unpaired) electrons. The van der Waals surface area contributed by atoms with Crippen LogP contribution in [0.1, 0.15) is 20.8 Å². The molecule has 1 rings (SSSR count). The molecule has 1 aliphatic carbocycles. The summed E-state index contributed by atoms with van der Waals surface area (Å²) in [5, 5.41) is 0. The van der Waals surface area contributed by atoms with Crippen molar-refractivity contribution in [3.63, 3.8) is 0 Å². The van der Waals surface area contributed by atoms with Gasteiger partial charge in [0.15, 0.2) is 0 Å².